The summed E-state index contributed by atoms with van der Waals surface area (Å²) in [6.07, 6.45) is 7.50. The minimum Gasteiger partial charge on any atom is -0.477 e. The summed E-state index contributed by atoms with van der Waals surface area (Å²) in [7, 11) is 0. The molecule has 62 valence electrons. The second-order valence-electron chi connectivity index (χ2n) is 3.82. The first-order valence-electron chi connectivity index (χ1n) is 4.62. The molecule has 1 heterocycles. The van der Waals surface area contributed by atoms with Crippen LogP contribution in [0.2, 0.25) is 0 Å². The maximum Gasteiger partial charge on any atom is 0.167 e. The van der Waals surface area contributed by atoms with Crippen molar-refractivity contribution in [2.75, 3.05) is 0 Å². The van der Waals surface area contributed by atoms with Crippen molar-refractivity contribution in [2.24, 2.45) is 0 Å². The Hall–Kier alpha value is -1.50. The first-order valence-corrected chi connectivity index (χ1v) is 4.62. The van der Waals surface area contributed by atoms with Crippen molar-refractivity contribution >= 4 is 5.57 Å². The Morgan fingerprint density at radius 3 is 3.31 bits per heavy atom. The van der Waals surface area contributed by atoms with E-state index in [1.807, 2.05) is 0 Å². The van der Waals surface area contributed by atoms with Crippen molar-refractivity contribution in [1.82, 2.24) is 0 Å². The lowest BCUT2D eigenvalue weighted by Gasteiger charge is -2.55. The summed E-state index contributed by atoms with van der Waals surface area (Å²) in [6, 6.07) is 6.31. The number of benzene rings is 1. The average molecular weight is 168 g/mol. The van der Waals surface area contributed by atoms with Gasteiger partial charge in [0.15, 0.2) is 5.60 Å². The van der Waals surface area contributed by atoms with Gasteiger partial charge in [-0.15, -0.1) is 0 Å². The van der Waals surface area contributed by atoms with Crippen molar-refractivity contribution < 1.29 is 4.74 Å². The van der Waals surface area contributed by atoms with Crippen molar-refractivity contribution in [2.45, 2.75) is 12.0 Å². The molecule has 0 aromatic heterocycles. The van der Waals surface area contributed by atoms with E-state index in [-0.39, 0.29) is 5.60 Å². The molecule has 0 radical (unpaired) electrons. The molecule has 2 aliphatic carbocycles. The predicted molar refractivity (Wildman–Crippen MR) is 50.5 cm³/mol. The first-order chi connectivity index (χ1) is 6.42. The normalized spacial score (nSPS) is 30.3. The highest BCUT2D eigenvalue weighted by molar-refractivity contribution is 5.93. The Labute approximate surface area is 76.3 Å². The van der Waals surface area contributed by atoms with Crippen LogP contribution in [0.15, 0.2) is 36.4 Å². The number of rotatable bonds is 0. The third-order valence-corrected chi connectivity index (χ3v) is 3.24. The van der Waals surface area contributed by atoms with Crippen LogP contribution < -0.4 is 4.74 Å². The summed E-state index contributed by atoms with van der Waals surface area (Å²) >= 11 is 0. The zero-order valence-corrected chi connectivity index (χ0v) is 7.08. The lowest BCUT2D eigenvalue weighted by molar-refractivity contribution is 0.0581. The first kappa shape index (κ1) is 6.03. The number of allylic oxidation sites excluding steroid dienone is 2. The van der Waals surface area contributed by atoms with Gasteiger partial charge in [0.2, 0.25) is 0 Å². The van der Waals surface area contributed by atoms with Crippen molar-refractivity contribution in [3.63, 3.8) is 0 Å². The molecule has 1 atom stereocenters. The van der Waals surface area contributed by atoms with Crippen LogP contribution in [0.5, 0.6) is 5.75 Å². The van der Waals surface area contributed by atoms with Crippen LogP contribution >= 0.6 is 0 Å². The Morgan fingerprint density at radius 1 is 1.31 bits per heavy atom. The molecule has 1 aliphatic heterocycles. The maximum atomic E-state index is 5.83. The molecular weight excluding hydrogens is 160 g/mol. The highest BCUT2D eigenvalue weighted by Gasteiger charge is 2.58. The predicted octanol–water partition coefficient (Wildman–Crippen LogP) is 2.63. The average Bonchev–Trinajstić information content (AvgIpc) is 2.12. The fourth-order valence-electron chi connectivity index (χ4n) is 2.67. The number of fused-ring (bicyclic) bond motifs is 1. The van der Waals surface area contributed by atoms with E-state index in [0.717, 1.165) is 12.2 Å². The molecule has 1 nitrogen and oxygen atoms in total. The summed E-state index contributed by atoms with van der Waals surface area (Å²) < 4.78 is 5.83. The van der Waals surface area contributed by atoms with Gasteiger partial charge < -0.3 is 4.74 Å². The van der Waals surface area contributed by atoms with Crippen molar-refractivity contribution in [3.05, 3.63) is 47.6 Å². The lowest BCUT2D eigenvalue weighted by atomic mass is 9.62. The highest BCUT2D eigenvalue weighted by Crippen LogP contribution is 2.65. The van der Waals surface area contributed by atoms with Gasteiger partial charge in [-0.2, -0.15) is 0 Å². The molecule has 3 aliphatic rings. The Morgan fingerprint density at radius 2 is 2.31 bits per heavy atom. The summed E-state index contributed by atoms with van der Waals surface area (Å²) in [5, 5.41) is 0. The van der Waals surface area contributed by atoms with E-state index < -0.39 is 0 Å². The summed E-state index contributed by atoms with van der Waals surface area (Å²) in [6.45, 7) is 0. The van der Waals surface area contributed by atoms with Crippen molar-refractivity contribution in [3.8, 4) is 5.75 Å². The lowest BCUT2D eigenvalue weighted by Crippen LogP contribution is -2.50. The zero-order valence-electron chi connectivity index (χ0n) is 7.08. The molecule has 1 aromatic rings. The zero-order chi connectivity index (χ0) is 8.47. The molecule has 0 saturated heterocycles. The van der Waals surface area contributed by atoms with Gasteiger partial charge in [-0.1, -0.05) is 30.4 Å². The summed E-state index contributed by atoms with van der Waals surface area (Å²) in [5.41, 5.74) is 4.19. The quantitative estimate of drug-likeness (QED) is 0.578. The molecule has 1 spiro atoms. The molecule has 0 N–H and O–H groups in total. The van der Waals surface area contributed by atoms with Gasteiger partial charge in [-0.25, -0.2) is 0 Å². The van der Waals surface area contributed by atoms with Crippen molar-refractivity contribution in [1.29, 1.82) is 0 Å². The third kappa shape index (κ3) is 0.440. The second-order valence-corrected chi connectivity index (χ2v) is 3.82. The number of ether oxygens (including phenoxy) is 1. The minimum atomic E-state index is -0.0132. The molecule has 4 rings (SSSR count). The van der Waals surface area contributed by atoms with Gasteiger partial charge in [0, 0.05) is 12.0 Å². The maximum absolute atomic E-state index is 5.83. The SMILES string of the molecule is C1=CCC23Oc4cccc(c42)C3=C1. The second kappa shape index (κ2) is 1.58. The molecule has 0 fully saturated rings. The van der Waals surface area contributed by atoms with E-state index in [9.17, 15) is 0 Å². The van der Waals surface area contributed by atoms with E-state index in [0.29, 0.717) is 0 Å². The van der Waals surface area contributed by atoms with Crippen LogP contribution in [0.1, 0.15) is 17.5 Å². The van der Waals surface area contributed by atoms with E-state index in [4.69, 9.17) is 4.74 Å². The molecule has 0 bridgehead atoms. The molecule has 0 saturated carbocycles. The van der Waals surface area contributed by atoms with Crippen LogP contribution in [-0.4, -0.2) is 0 Å². The van der Waals surface area contributed by atoms with Gasteiger partial charge in [-0.05, 0) is 11.6 Å². The molecular formula is C12H8O. The molecule has 0 amide bonds. The van der Waals surface area contributed by atoms with E-state index >= 15 is 0 Å². The largest absolute Gasteiger partial charge is 0.477 e. The molecule has 1 heteroatoms. The monoisotopic (exact) mass is 168 g/mol. The molecule has 1 aromatic carbocycles. The standard InChI is InChI=1S/C12H8O/c1-2-7-12-9(5-1)8-4-3-6-10(13-12)11(8)12/h1-6H,7H2. The topological polar surface area (TPSA) is 9.23 Å². The van der Waals surface area contributed by atoms with Crippen LogP contribution in [0.3, 0.4) is 0 Å². The van der Waals surface area contributed by atoms with Crippen LogP contribution in [0.4, 0.5) is 0 Å². The third-order valence-electron chi connectivity index (χ3n) is 3.24. The van der Waals surface area contributed by atoms with Gasteiger partial charge in [0.1, 0.15) is 5.75 Å². The molecule has 13 heavy (non-hydrogen) atoms. The number of hydrogen-bond acceptors (Lipinski definition) is 1. The Kier molecular flexibility index (Phi) is 0.732. The van der Waals surface area contributed by atoms with E-state index in [2.05, 4.69) is 36.4 Å². The Balaban J connectivity index is 2.11. The van der Waals surface area contributed by atoms with Gasteiger partial charge in [0.05, 0.1) is 5.56 Å². The highest BCUT2D eigenvalue weighted by atomic mass is 16.5. The fourth-order valence-corrected chi connectivity index (χ4v) is 2.67. The summed E-state index contributed by atoms with van der Waals surface area (Å²) in [5.74, 6) is 1.09. The van der Waals surface area contributed by atoms with Crippen LogP contribution in [-0.2, 0) is 5.60 Å². The van der Waals surface area contributed by atoms with Gasteiger partial charge in [0.25, 0.3) is 0 Å². The van der Waals surface area contributed by atoms with Crippen LogP contribution in [0.25, 0.3) is 5.57 Å². The smallest absolute Gasteiger partial charge is 0.167 e. The molecule has 1 unspecified atom stereocenters. The van der Waals surface area contributed by atoms with Gasteiger partial charge in [-0.3, -0.25) is 0 Å². The van der Waals surface area contributed by atoms with Gasteiger partial charge >= 0.3 is 0 Å². The fraction of sp³-hybridized carbons (Fsp3) is 0.167. The summed E-state index contributed by atoms with van der Waals surface area (Å²) in [4.78, 5) is 0. The van der Waals surface area contributed by atoms with E-state index in [1.54, 1.807) is 0 Å². The van der Waals surface area contributed by atoms with Crippen LogP contribution in [0, 0.1) is 0 Å². The minimum absolute atomic E-state index is 0.0132. The Bertz CT molecular complexity index is 482. The number of hydrogen-bond donors (Lipinski definition) is 0. The van der Waals surface area contributed by atoms with E-state index in [1.165, 1.54) is 16.7 Å².